The average Bonchev–Trinajstić information content (AvgIpc) is 2.79. The Morgan fingerprint density at radius 1 is 1.35 bits per heavy atom. The van der Waals surface area contributed by atoms with Crippen molar-refractivity contribution in [1.29, 1.82) is 0 Å². The van der Waals surface area contributed by atoms with Crippen molar-refractivity contribution in [2.75, 3.05) is 18.4 Å². The molecule has 0 unspecified atom stereocenters. The van der Waals surface area contributed by atoms with Gasteiger partial charge in [0.1, 0.15) is 0 Å². The molecule has 3 rings (SSSR count). The third-order valence-electron chi connectivity index (χ3n) is 3.95. The van der Waals surface area contributed by atoms with E-state index >= 15 is 0 Å². The number of halogens is 1. The van der Waals surface area contributed by atoms with Crippen LogP contribution in [0.5, 0.6) is 0 Å². The summed E-state index contributed by atoms with van der Waals surface area (Å²) in [6, 6.07) is 3.32. The predicted octanol–water partition coefficient (Wildman–Crippen LogP) is 2.77. The van der Waals surface area contributed by atoms with E-state index in [1.807, 2.05) is 6.07 Å². The van der Waals surface area contributed by atoms with Crippen LogP contribution >= 0.6 is 11.6 Å². The summed E-state index contributed by atoms with van der Waals surface area (Å²) in [4.78, 5) is 6.64. The highest BCUT2D eigenvalue weighted by Crippen LogP contribution is 2.29. The van der Waals surface area contributed by atoms with Gasteiger partial charge in [-0.15, -0.1) is 0 Å². The van der Waals surface area contributed by atoms with Gasteiger partial charge in [0.15, 0.2) is 0 Å². The molecule has 1 aromatic heterocycles. The van der Waals surface area contributed by atoms with Gasteiger partial charge in [-0.3, -0.25) is 4.98 Å². The third kappa shape index (κ3) is 2.40. The molecule has 0 saturated carbocycles. The molecule has 0 bridgehead atoms. The Morgan fingerprint density at radius 2 is 2.29 bits per heavy atom. The second kappa shape index (κ2) is 4.83. The van der Waals surface area contributed by atoms with E-state index in [4.69, 9.17) is 11.6 Å². The van der Waals surface area contributed by atoms with Crippen molar-refractivity contribution >= 4 is 17.3 Å². The number of hydrogen-bond acceptors (Lipinski definition) is 3. The quantitative estimate of drug-likeness (QED) is 0.876. The lowest BCUT2D eigenvalue weighted by Gasteiger charge is -2.35. The highest BCUT2D eigenvalue weighted by atomic mass is 35.5. The number of fused-ring (bicyclic) bond motifs is 1. The van der Waals surface area contributed by atoms with Crippen molar-refractivity contribution in [1.82, 2.24) is 9.88 Å². The Hall–Kier alpha value is -0.800. The van der Waals surface area contributed by atoms with Gasteiger partial charge in [0.25, 0.3) is 0 Å². The average molecular weight is 252 g/mol. The van der Waals surface area contributed by atoms with Crippen LogP contribution in [0.1, 0.15) is 25.7 Å². The molecule has 0 spiro atoms. The summed E-state index contributed by atoms with van der Waals surface area (Å²) in [5, 5.41) is 4.29. The minimum atomic E-state index is 0.564. The molecule has 0 aromatic carbocycles. The second-order valence-electron chi connectivity index (χ2n) is 5.05. The number of pyridine rings is 1. The lowest BCUT2D eigenvalue weighted by molar-refractivity contribution is 0.188. The highest BCUT2D eigenvalue weighted by molar-refractivity contribution is 6.33. The number of nitrogens with zero attached hydrogens (tertiary/aromatic N) is 2. The zero-order valence-electron chi connectivity index (χ0n) is 9.90. The molecule has 17 heavy (non-hydrogen) atoms. The Morgan fingerprint density at radius 3 is 3.18 bits per heavy atom. The molecule has 92 valence electrons. The molecule has 4 heteroatoms. The lowest BCUT2D eigenvalue weighted by atomic mass is 9.97. The van der Waals surface area contributed by atoms with E-state index in [-0.39, 0.29) is 0 Å². The summed E-state index contributed by atoms with van der Waals surface area (Å²) < 4.78 is 0. The summed E-state index contributed by atoms with van der Waals surface area (Å²) in [7, 11) is 0. The smallest absolute Gasteiger partial charge is 0.0820 e. The number of anilines is 1. The van der Waals surface area contributed by atoms with Crippen molar-refractivity contribution in [2.45, 2.75) is 37.8 Å². The molecule has 2 atom stereocenters. The van der Waals surface area contributed by atoms with Crippen LogP contribution in [-0.4, -0.2) is 35.1 Å². The van der Waals surface area contributed by atoms with Gasteiger partial charge in [0.05, 0.1) is 10.7 Å². The molecule has 2 aliphatic rings. The molecular formula is C13H18ClN3. The van der Waals surface area contributed by atoms with Gasteiger partial charge < -0.3 is 10.2 Å². The van der Waals surface area contributed by atoms with Crippen molar-refractivity contribution in [3.05, 3.63) is 23.5 Å². The highest BCUT2D eigenvalue weighted by Gasteiger charge is 2.31. The fourth-order valence-electron chi connectivity index (χ4n) is 3.07. The van der Waals surface area contributed by atoms with Gasteiger partial charge in [0.2, 0.25) is 0 Å². The fraction of sp³-hybridized carbons (Fsp3) is 0.615. The maximum absolute atomic E-state index is 6.12. The van der Waals surface area contributed by atoms with Crippen LogP contribution in [0.3, 0.4) is 0 Å². The van der Waals surface area contributed by atoms with Crippen molar-refractivity contribution in [3.8, 4) is 0 Å². The number of aromatic nitrogens is 1. The van der Waals surface area contributed by atoms with Crippen LogP contribution in [0.15, 0.2) is 18.5 Å². The SMILES string of the molecule is Clc1cnccc1N[C@H]1CCN2CCC[C@@H]2C1. The first kappa shape index (κ1) is 11.3. The van der Waals surface area contributed by atoms with E-state index in [1.165, 1.54) is 38.8 Å². The molecule has 2 aliphatic heterocycles. The summed E-state index contributed by atoms with van der Waals surface area (Å²) in [5.41, 5.74) is 1.03. The first-order valence-corrected chi connectivity index (χ1v) is 6.81. The molecule has 0 amide bonds. The Balaban J connectivity index is 1.64. The van der Waals surface area contributed by atoms with Gasteiger partial charge in [-0.1, -0.05) is 11.6 Å². The van der Waals surface area contributed by atoms with Crippen molar-refractivity contribution in [3.63, 3.8) is 0 Å². The second-order valence-corrected chi connectivity index (χ2v) is 5.46. The van der Waals surface area contributed by atoms with Gasteiger partial charge in [-0.2, -0.15) is 0 Å². The first-order valence-electron chi connectivity index (χ1n) is 6.43. The summed E-state index contributed by atoms with van der Waals surface area (Å²) in [6.45, 7) is 2.53. The van der Waals surface area contributed by atoms with E-state index < -0.39 is 0 Å². The molecular weight excluding hydrogens is 234 g/mol. The monoisotopic (exact) mass is 251 g/mol. The Kier molecular flexibility index (Phi) is 3.21. The number of rotatable bonds is 2. The molecule has 0 aliphatic carbocycles. The Labute approximate surface area is 107 Å². The lowest BCUT2D eigenvalue weighted by Crippen LogP contribution is -2.42. The largest absolute Gasteiger partial charge is 0.381 e. The topological polar surface area (TPSA) is 28.2 Å². The Bertz CT molecular complexity index is 396. The fourth-order valence-corrected chi connectivity index (χ4v) is 3.24. The minimum Gasteiger partial charge on any atom is -0.381 e. The van der Waals surface area contributed by atoms with Crippen LogP contribution in [-0.2, 0) is 0 Å². The summed E-state index contributed by atoms with van der Waals surface area (Å²) in [6.07, 6.45) is 8.69. The molecule has 1 aromatic rings. The zero-order valence-corrected chi connectivity index (χ0v) is 10.7. The van der Waals surface area contributed by atoms with Crippen LogP contribution in [0.2, 0.25) is 5.02 Å². The zero-order chi connectivity index (χ0) is 11.7. The van der Waals surface area contributed by atoms with Crippen molar-refractivity contribution in [2.24, 2.45) is 0 Å². The number of piperidine rings is 1. The van der Waals surface area contributed by atoms with Gasteiger partial charge in [0, 0.05) is 31.0 Å². The standard InChI is InChI=1S/C13H18ClN3/c14-12-9-15-5-3-13(12)16-10-4-7-17-6-1-2-11(17)8-10/h3,5,9-11H,1-2,4,6-8H2,(H,15,16)/t10-,11+/m0/s1. The third-order valence-corrected chi connectivity index (χ3v) is 4.25. The predicted molar refractivity (Wildman–Crippen MR) is 70.5 cm³/mol. The van der Waals surface area contributed by atoms with Gasteiger partial charge >= 0.3 is 0 Å². The normalized spacial score (nSPS) is 29.0. The molecule has 2 fully saturated rings. The number of hydrogen-bond donors (Lipinski definition) is 1. The van der Waals surface area contributed by atoms with Gasteiger partial charge in [-0.25, -0.2) is 0 Å². The molecule has 0 radical (unpaired) electrons. The molecule has 1 N–H and O–H groups in total. The molecule has 3 nitrogen and oxygen atoms in total. The van der Waals surface area contributed by atoms with Crippen LogP contribution < -0.4 is 5.32 Å². The number of nitrogens with one attached hydrogen (secondary N) is 1. The maximum Gasteiger partial charge on any atom is 0.0820 e. The van der Waals surface area contributed by atoms with Crippen molar-refractivity contribution < 1.29 is 0 Å². The molecule has 2 saturated heterocycles. The van der Waals surface area contributed by atoms with E-state index in [0.29, 0.717) is 6.04 Å². The van der Waals surface area contributed by atoms with Gasteiger partial charge in [-0.05, 0) is 38.3 Å². The first-order chi connectivity index (χ1) is 8.33. The van der Waals surface area contributed by atoms with E-state index in [2.05, 4.69) is 15.2 Å². The van der Waals surface area contributed by atoms with Crippen LogP contribution in [0.25, 0.3) is 0 Å². The summed E-state index contributed by atoms with van der Waals surface area (Å²) in [5.74, 6) is 0. The summed E-state index contributed by atoms with van der Waals surface area (Å²) >= 11 is 6.12. The van der Waals surface area contributed by atoms with Crippen LogP contribution in [0.4, 0.5) is 5.69 Å². The van der Waals surface area contributed by atoms with E-state index in [1.54, 1.807) is 12.4 Å². The molecule has 3 heterocycles. The van der Waals surface area contributed by atoms with Crippen LogP contribution in [0, 0.1) is 0 Å². The van der Waals surface area contributed by atoms with E-state index in [9.17, 15) is 0 Å². The van der Waals surface area contributed by atoms with E-state index in [0.717, 1.165) is 16.8 Å². The minimum absolute atomic E-state index is 0.564. The maximum atomic E-state index is 6.12.